The average Bonchev–Trinajstić information content (AvgIpc) is 3.04. The Labute approximate surface area is 128 Å². The van der Waals surface area contributed by atoms with Gasteiger partial charge in [0.15, 0.2) is 0 Å². The molecule has 0 aromatic heterocycles. The number of benzene rings is 1. The van der Waals surface area contributed by atoms with Gasteiger partial charge < -0.3 is 14.8 Å². The summed E-state index contributed by atoms with van der Waals surface area (Å²) in [6, 6.07) is 6.96. The summed E-state index contributed by atoms with van der Waals surface area (Å²) >= 11 is 0. The van der Waals surface area contributed by atoms with E-state index in [4.69, 9.17) is 9.47 Å². The smallest absolute Gasteiger partial charge is 0.123 e. The van der Waals surface area contributed by atoms with Gasteiger partial charge in [0, 0.05) is 6.42 Å². The first-order chi connectivity index (χ1) is 10.2. The molecule has 1 aromatic rings. The van der Waals surface area contributed by atoms with Gasteiger partial charge in [-0.15, -0.1) is 0 Å². The summed E-state index contributed by atoms with van der Waals surface area (Å²) in [5.41, 5.74) is 2.69. The standard InChI is InChI=1S/C18H27NO2/c1-4-9-19-18(17-7-5-12(2)20-17)14-6-8-16-15(11-14)10-13(3)21-16/h6,8,11-13,17-19H,4-5,7,9-10H2,1-3H3. The Morgan fingerprint density at radius 2 is 2.10 bits per heavy atom. The highest BCUT2D eigenvalue weighted by Crippen LogP contribution is 2.35. The zero-order chi connectivity index (χ0) is 14.8. The fourth-order valence-corrected chi connectivity index (χ4v) is 3.48. The zero-order valence-corrected chi connectivity index (χ0v) is 13.4. The van der Waals surface area contributed by atoms with Gasteiger partial charge in [0.1, 0.15) is 11.9 Å². The molecule has 2 heterocycles. The molecule has 3 heteroatoms. The summed E-state index contributed by atoms with van der Waals surface area (Å²) in [7, 11) is 0. The van der Waals surface area contributed by atoms with Crippen molar-refractivity contribution in [1.82, 2.24) is 5.32 Å². The number of hydrogen-bond donors (Lipinski definition) is 1. The van der Waals surface area contributed by atoms with E-state index in [1.54, 1.807) is 0 Å². The van der Waals surface area contributed by atoms with Crippen LogP contribution in [0.2, 0.25) is 0 Å². The molecule has 21 heavy (non-hydrogen) atoms. The van der Waals surface area contributed by atoms with Crippen LogP contribution in [0.3, 0.4) is 0 Å². The molecule has 3 nitrogen and oxygen atoms in total. The average molecular weight is 289 g/mol. The van der Waals surface area contributed by atoms with Gasteiger partial charge in [-0.05, 0) is 56.8 Å². The van der Waals surface area contributed by atoms with Crippen LogP contribution in [0.15, 0.2) is 18.2 Å². The highest BCUT2D eigenvalue weighted by atomic mass is 16.5. The molecule has 4 unspecified atom stereocenters. The summed E-state index contributed by atoms with van der Waals surface area (Å²) in [6.07, 6.45) is 5.46. The SMILES string of the molecule is CCCNC(c1ccc2c(c1)CC(C)O2)C1CCC(C)O1. The van der Waals surface area contributed by atoms with E-state index in [9.17, 15) is 0 Å². The van der Waals surface area contributed by atoms with E-state index in [0.717, 1.165) is 31.6 Å². The van der Waals surface area contributed by atoms with Crippen LogP contribution >= 0.6 is 0 Å². The van der Waals surface area contributed by atoms with Crippen molar-refractivity contribution in [1.29, 1.82) is 0 Å². The van der Waals surface area contributed by atoms with Crippen molar-refractivity contribution < 1.29 is 9.47 Å². The van der Waals surface area contributed by atoms with E-state index >= 15 is 0 Å². The fourth-order valence-electron chi connectivity index (χ4n) is 3.48. The minimum atomic E-state index is 0.296. The number of fused-ring (bicyclic) bond motifs is 1. The second-order valence-corrected chi connectivity index (χ2v) is 6.49. The van der Waals surface area contributed by atoms with E-state index < -0.39 is 0 Å². The van der Waals surface area contributed by atoms with Crippen molar-refractivity contribution in [3.8, 4) is 5.75 Å². The number of rotatable bonds is 5. The van der Waals surface area contributed by atoms with Crippen LogP contribution in [0, 0.1) is 0 Å². The second kappa shape index (κ2) is 6.37. The van der Waals surface area contributed by atoms with Crippen LogP contribution < -0.4 is 10.1 Å². The summed E-state index contributed by atoms with van der Waals surface area (Å²) in [5, 5.41) is 3.68. The summed E-state index contributed by atoms with van der Waals surface area (Å²) in [6.45, 7) is 7.55. The van der Waals surface area contributed by atoms with Crippen molar-refractivity contribution in [3.63, 3.8) is 0 Å². The number of nitrogens with one attached hydrogen (secondary N) is 1. The lowest BCUT2D eigenvalue weighted by atomic mass is 9.96. The molecular weight excluding hydrogens is 262 g/mol. The maximum absolute atomic E-state index is 6.12. The Morgan fingerprint density at radius 3 is 2.81 bits per heavy atom. The molecule has 0 amide bonds. The maximum atomic E-state index is 6.12. The van der Waals surface area contributed by atoms with Crippen LogP contribution in [-0.4, -0.2) is 24.9 Å². The van der Waals surface area contributed by atoms with Crippen LogP contribution in [0.5, 0.6) is 5.75 Å². The Balaban J connectivity index is 1.81. The monoisotopic (exact) mass is 289 g/mol. The Hall–Kier alpha value is -1.06. The Bertz CT molecular complexity index is 488. The van der Waals surface area contributed by atoms with Crippen LogP contribution in [-0.2, 0) is 11.2 Å². The van der Waals surface area contributed by atoms with Crippen molar-refractivity contribution in [2.24, 2.45) is 0 Å². The first-order valence-electron chi connectivity index (χ1n) is 8.35. The normalized spacial score (nSPS) is 29.2. The maximum Gasteiger partial charge on any atom is 0.123 e. The topological polar surface area (TPSA) is 30.5 Å². The molecule has 1 saturated heterocycles. The van der Waals surface area contributed by atoms with Crippen LogP contribution in [0.1, 0.15) is 57.2 Å². The van der Waals surface area contributed by atoms with Crippen molar-refractivity contribution in [3.05, 3.63) is 29.3 Å². The molecule has 0 bridgehead atoms. The zero-order valence-electron chi connectivity index (χ0n) is 13.4. The van der Waals surface area contributed by atoms with Gasteiger partial charge in [-0.2, -0.15) is 0 Å². The molecule has 1 fully saturated rings. The van der Waals surface area contributed by atoms with Crippen LogP contribution in [0.25, 0.3) is 0 Å². The van der Waals surface area contributed by atoms with Gasteiger partial charge in [-0.1, -0.05) is 19.1 Å². The van der Waals surface area contributed by atoms with Gasteiger partial charge in [-0.3, -0.25) is 0 Å². The highest BCUT2D eigenvalue weighted by molar-refractivity contribution is 5.41. The van der Waals surface area contributed by atoms with Gasteiger partial charge >= 0.3 is 0 Å². The highest BCUT2D eigenvalue weighted by Gasteiger charge is 2.31. The molecule has 3 rings (SSSR count). The largest absolute Gasteiger partial charge is 0.490 e. The molecule has 0 aliphatic carbocycles. The molecule has 2 aliphatic rings. The molecular formula is C18H27NO2. The quantitative estimate of drug-likeness (QED) is 0.898. The molecule has 1 aromatic carbocycles. The number of hydrogen-bond acceptors (Lipinski definition) is 3. The molecule has 1 N–H and O–H groups in total. The molecule has 0 radical (unpaired) electrons. The minimum Gasteiger partial charge on any atom is -0.490 e. The fraction of sp³-hybridized carbons (Fsp3) is 0.667. The van der Waals surface area contributed by atoms with Crippen LogP contribution in [0.4, 0.5) is 0 Å². The molecule has 4 atom stereocenters. The van der Waals surface area contributed by atoms with Gasteiger partial charge in [0.2, 0.25) is 0 Å². The predicted molar refractivity (Wildman–Crippen MR) is 84.8 cm³/mol. The van der Waals surface area contributed by atoms with Gasteiger partial charge in [-0.25, -0.2) is 0 Å². The second-order valence-electron chi connectivity index (χ2n) is 6.49. The third-order valence-electron chi connectivity index (χ3n) is 4.53. The predicted octanol–water partition coefficient (Wildman–Crippen LogP) is 3.62. The van der Waals surface area contributed by atoms with Crippen molar-refractivity contribution in [2.75, 3.05) is 6.54 Å². The summed E-state index contributed by atoms with van der Waals surface area (Å²) < 4.78 is 11.9. The number of ether oxygens (including phenoxy) is 2. The third-order valence-corrected chi connectivity index (χ3v) is 4.53. The van der Waals surface area contributed by atoms with E-state index in [0.29, 0.717) is 24.4 Å². The van der Waals surface area contributed by atoms with Gasteiger partial charge in [0.25, 0.3) is 0 Å². The minimum absolute atomic E-state index is 0.296. The first kappa shape index (κ1) is 14.9. The Morgan fingerprint density at radius 1 is 1.24 bits per heavy atom. The lowest BCUT2D eigenvalue weighted by Crippen LogP contribution is -2.32. The lowest BCUT2D eigenvalue weighted by Gasteiger charge is -2.25. The first-order valence-corrected chi connectivity index (χ1v) is 8.35. The molecule has 0 saturated carbocycles. The molecule has 116 valence electrons. The Kier molecular flexibility index (Phi) is 4.51. The van der Waals surface area contributed by atoms with Gasteiger partial charge in [0.05, 0.1) is 18.2 Å². The van der Waals surface area contributed by atoms with E-state index in [1.165, 1.54) is 17.5 Å². The third kappa shape index (κ3) is 3.24. The van der Waals surface area contributed by atoms with Crippen molar-refractivity contribution >= 4 is 0 Å². The van der Waals surface area contributed by atoms with E-state index in [1.807, 2.05) is 0 Å². The van der Waals surface area contributed by atoms with E-state index in [-0.39, 0.29) is 0 Å². The van der Waals surface area contributed by atoms with Crippen molar-refractivity contribution in [2.45, 2.75) is 70.8 Å². The van der Waals surface area contributed by atoms with E-state index in [2.05, 4.69) is 44.3 Å². The summed E-state index contributed by atoms with van der Waals surface area (Å²) in [5.74, 6) is 1.06. The molecule has 0 spiro atoms. The lowest BCUT2D eigenvalue weighted by molar-refractivity contribution is 0.0316. The summed E-state index contributed by atoms with van der Waals surface area (Å²) in [4.78, 5) is 0. The molecule has 2 aliphatic heterocycles.